The van der Waals surface area contributed by atoms with Crippen LogP contribution in [0.1, 0.15) is 24.6 Å². The molecular formula is C9H13N5O2. The number of nitrogens with zero attached hydrogens (tertiary/aromatic N) is 3. The van der Waals surface area contributed by atoms with Gasteiger partial charge in [0.25, 0.3) is 0 Å². The van der Waals surface area contributed by atoms with E-state index in [1.807, 2.05) is 14.0 Å². The Hall–Kier alpha value is -1.89. The molecule has 0 aromatic carbocycles. The minimum absolute atomic E-state index is 0.0355. The van der Waals surface area contributed by atoms with Gasteiger partial charge in [-0.2, -0.15) is 0 Å². The zero-order valence-corrected chi connectivity index (χ0v) is 9.10. The fourth-order valence-electron chi connectivity index (χ4n) is 1.10. The van der Waals surface area contributed by atoms with Crippen LogP contribution in [0.3, 0.4) is 0 Å². The number of hydrogen-bond donors (Lipinski definition) is 2. The second-order valence-corrected chi connectivity index (χ2v) is 3.29. The minimum atomic E-state index is 0.0355. The summed E-state index contributed by atoms with van der Waals surface area (Å²) in [6.45, 7) is 2.41. The molecule has 2 N–H and O–H groups in total. The average molecular weight is 223 g/mol. The molecule has 7 nitrogen and oxygen atoms in total. The summed E-state index contributed by atoms with van der Waals surface area (Å²) in [5.74, 6) is 1.25. The molecule has 0 radical (unpaired) electrons. The van der Waals surface area contributed by atoms with Crippen LogP contribution in [0.15, 0.2) is 21.2 Å². The second-order valence-electron chi connectivity index (χ2n) is 3.29. The Morgan fingerprint density at radius 1 is 1.44 bits per heavy atom. The monoisotopic (exact) mass is 223 g/mol. The van der Waals surface area contributed by atoms with E-state index in [4.69, 9.17) is 8.94 Å². The summed E-state index contributed by atoms with van der Waals surface area (Å²) < 4.78 is 10.3. The van der Waals surface area contributed by atoms with Crippen molar-refractivity contribution >= 4 is 6.01 Å². The maximum Gasteiger partial charge on any atom is 0.315 e. The molecule has 86 valence electrons. The lowest BCUT2D eigenvalue weighted by Crippen LogP contribution is -2.12. The molecule has 0 bridgehead atoms. The van der Waals surface area contributed by atoms with Crippen molar-refractivity contribution in [3.63, 3.8) is 0 Å². The molecule has 0 fully saturated rings. The van der Waals surface area contributed by atoms with E-state index in [-0.39, 0.29) is 6.04 Å². The summed E-state index contributed by atoms with van der Waals surface area (Å²) in [4.78, 5) is 0. The first-order chi connectivity index (χ1) is 7.79. The van der Waals surface area contributed by atoms with Crippen LogP contribution in [-0.4, -0.2) is 22.4 Å². The van der Waals surface area contributed by atoms with E-state index in [9.17, 15) is 0 Å². The molecule has 7 heteroatoms. The molecule has 0 aliphatic rings. The lowest BCUT2D eigenvalue weighted by atomic mass is 10.3. The second kappa shape index (κ2) is 4.75. The van der Waals surface area contributed by atoms with Gasteiger partial charge in [0.05, 0.1) is 18.8 Å². The molecule has 1 unspecified atom stereocenters. The number of nitrogens with one attached hydrogen (secondary N) is 2. The summed E-state index contributed by atoms with van der Waals surface area (Å²) in [6.07, 6.45) is 1.58. The molecule has 2 heterocycles. The highest BCUT2D eigenvalue weighted by Crippen LogP contribution is 2.13. The summed E-state index contributed by atoms with van der Waals surface area (Å²) in [5, 5.41) is 17.3. The maximum atomic E-state index is 5.38. The quantitative estimate of drug-likeness (QED) is 0.779. The summed E-state index contributed by atoms with van der Waals surface area (Å²) >= 11 is 0. The van der Waals surface area contributed by atoms with Crippen LogP contribution in [0.2, 0.25) is 0 Å². The molecule has 2 rings (SSSR count). The van der Waals surface area contributed by atoms with E-state index in [1.54, 1.807) is 12.3 Å². The number of hydrogen-bond acceptors (Lipinski definition) is 7. The number of anilines is 1. The van der Waals surface area contributed by atoms with Crippen molar-refractivity contribution in [2.24, 2.45) is 0 Å². The Morgan fingerprint density at radius 3 is 3.00 bits per heavy atom. The third-order valence-corrected chi connectivity index (χ3v) is 2.15. The Kier molecular flexibility index (Phi) is 3.16. The maximum absolute atomic E-state index is 5.38. The average Bonchev–Trinajstić information content (AvgIpc) is 2.96. The fourth-order valence-corrected chi connectivity index (χ4v) is 1.10. The molecule has 1 atom stereocenters. The molecule has 2 aromatic rings. The van der Waals surface area contributed by atoms with Gasteiger partial charge in [-0.25, -0.2) is 0 Å². The molecule has 0 aliphatic heterocycles. The van der Waals surface area contributed by atoms with Gasteiger partial charge in [-0.15, -0.1) is 5.10 Å². The number of rotatable bonds is 5. The van der Waals surface area contributed by atoms with E-state index in [0.29, 0.717) is 24.2 Å². The first-order valence-electron chi connectivity index (χ1n) is 4.93. The predicted molar refractivity (Wildman–Crippen MR) is 55.6 cm³/mol. The van der Waals surface area contributed by atoms with Crippen LogP contribution in [0.4, 0.5) is 6.01 Å². The van der Waals surface area contributed by atoms with Crippen molar-refractivity contribution in [1.82, 2.24) is 20.7 Å². The third kappa shape index (κ3) is 2.37. The fraction of sp³-hybridized carbons (Fsp3) is 0.444. The molecular weight excluding hydrogens is 210 g/mol. The molecule has 0 saturated carbocycles. The Labute approximate surface area is 92.2 Å². The highest BCUT2D eigenvalue weighted by Gasteiger charge is 2.11. The lowest BCUT2D eigenvalue weighted by Gasteiger charge is -2.02. The van der Waals surface area contributed by atoms with Gasteiger partial charge in [0, 0.05) is 6.07 Å². The Morgan fingerprint density at radius 2 is 2.31 bits per heavy atom. The molecule has 16 heavy (non-hydrogen) atoms. The molecule has 0 saturated heterocycles. The standard InChI is InChI=1S/C9H13N5O2/c1-6(10-2)8-13-14-9(15-8)11-5-7-3-4-12-16-7/h3-4,6,10H,5H2,1-2H3,(H,11,14). The van der Waals surface area contributed by atoms with Gasteiger partial charge < -0.3 is 19.6 Å². The van der Waals surface area contributed by atoms with Crippen LogP contribution >= 0.6 is 0 Å². The zero-order valence-electron chi connectivity index (χ0n) is 9.10. The van der Waals surface area contributed by atoms with Crippen LogP contribution < -0.4 is 10.6 Å². The van der Waals surface area contributed by atoms with E-state index in [2.05, 4.69) is 26.0 Å². The molecule has 0 aliphatic carbocycles. The van der Waals surface area contributed by atoms with Crippen molar-refractivity contribution in [1.29, 1.82) is 0 Å². The predicted octanol–water partition coefficient (Wildman–Crippen LogP) is 0.950. The van der Waals surface area contributed by atoms with Crippen LogP contribution in [0.5, 0.6) is 0 Å². The van der Waals surface area contributed by atoms with Gasteiger partial charge >= 0.3 is 6.01 Å². The van der Waals surface area contributed by atoms with E-state index >= 15 is 0 Å². The van der Waals surface area contributed by atoms with Gasteiger partial charge in [-0.05, 0) is 14.0 Å². The largest absolute Gasteiger partial charge is 0.406 e. The first-order valence-corrected chi connectivity index (χ1v) is 4.93. The Balaban J connectivity index is 1.93. The topological polar surface area (TPSA) is 89.0 Å². The lowest BCUT2D eigenvalue weighted by molar-refractivity contribution is 0.385. The molecule has 0 amide bonds. The van der Waals surface area contributed by atoms with E-state index in [0.717, 1.165) is 0 Å². The molecule has 2 aromatic heterocycles. The highest BCUT2D eigenvalue weighted by atomic mass is 16.5. The minimum Gasteiger partial charge on any atom is -0.406 e. The first kappa shape index (κ1) is 10.6. The van der Waals surface area contributed by atoms with Gasteiger partial charge in [0.2, 0.25) is 5.89 Å². The zero-order chi connectivity index (χ0) is 11.4. The summed E-state index contributed by atoms with van der Waals surface area (Å²) in [7, 11) is 1.83. The smallest absolute Gasteiger partial charge is 0.315 e. The van der Waals surface area contributed by atoms with Crippen molar-refractivity contribution in [2.45, 2.75) is 19.5 Å². The van der Waals surface area contributed by atoms with Crippen molar-refractivity contribution < 1.29 is 8.94 Å². The SMILES string of the molecule is CNC(C)c1nnc(NCc2ccno2)o1. The van der Waals surface area contributed by atoms with Crippen LogP contribution in [0.25, 0.3) is 0 Å². The van der Waals surface area contributed by atoms with E-state index in [1.165, 1.54) is 0 Å². The van der Waals surface area contributed by atoms with E-state index < -0.39 is 0 Å². The van der Waals surface area contributed by atoms with Crippen LogP contribution in [0, 0.1) is 0 Å². The summed E-state index contributed by atoms with van der Waals surface area (Å²) in [6, 6.07) is 2.17. The van der Waals surface area contributed by atoms with Gasteiger partial charge in [-0.1, -0.05) is 10.3 Å². The van der Waals surface area contributed by atoms with Crippen molar-refractivity contribution in [2.75, 3.05) is 12.4 Å². The Bertz CT molecular complexity index is 425. The molecule has 0 spiro atoms. The normalized spacial score (nSPS) is 12.6. The van der Waals surface area contributed by atoms with Gasteiger partial charge in [0.1, 0.15) is 0 Å². The summed E-state index contributed by atoms with van der Waals surface area (Å²) in [5.41, 5.74) is 0. The van der Waals surface area contributed by atoms with Crippen molar-refractivity contribution in [3.05, 3.63) is 23.9 Å². The third-order valence-electron chi connectivity index (χ3n) is 2.15. The highest BCUT2D eigenvalue weighted by molar-refractivity contribution is 5.18. The van der Waals surface area contributed by atoms with Gasteiger partial charge in [-0.3, -0.25) is 0 Å². The van der Waals surface area contributed by atoms with Crippen LogP contribution in [-0.2, 0) is 6.54 Å². The number of aromatic nitrogens is 3. The van der Waals surface area contributed by atoms with Gasteiger partial charge in [0.15, 0.2) is 5.76 Å². The van der Waals surface area contributed by atoms with Crippen molar-refractivity contribution in [3.8, 4) is 0 Å².